The van der Waals surface area contributed by atoms with E-state index >= 15 is 0 Å². The maximum atomic E-state index is 11.0. The fourth-order valence-corrected chi connectivity index (χ4v) is 3.51. The molecular weight excluding hydrogens is 280 g/mol. The Hall–Kier alpha value is -1.31. The van der Waals surface area contributed by atoms with Gasteiger partial charge in [0.25, 0.3) is 0 Å². The average Bonchev–Trinajstić information content (AvgIpc) is 2.51. The Morgan fingerprint density at radius 1 is 1.05 bits per heavy atom. The molecule has 0 spiro atoms. The van der Waals surface area contributed by atoms with E-state index in [1.807, 2.05) is 25.1 Å². The summed E-state index contributed by atoms with van der Waals surface area (Å²) in [5.74, 6) is 0.562. The molecule has 0 radical (unpaired) electrons. The molecule has 0 bridgehead atoms. The Morgan fingerprint density at radius 2 is 1.71 bits per heavy atom. The molecule has 1 aliphatic rings. The van der Waals surface area contributed by atoms with Crippen molar-refractivity contribution in [2.45, 2.75) is 44.1 Å². The van der Waals surface area contributed by atoms with Gasteiger partial charge in [0, 0.05) is 5.02 Å². The van der Waals surface area contributed by atoms with E-state index < -0.39 is 5.60 Å². The minimum atomic E-state index is -0.720. The number of aryl methyl sites for hydroxylation is 1. The van der Waals surface area contributed by atoms with Gasteiger partial charge in [-0.15, -0.1) is 0 Å². The third kappa shape index (κ3) is 3.00. The predicted octanol–water partition coefficient (Wildman–Crippen LogP) is 5.19. The first kappa shape index (κ1) is 14.6. The molecule has 0 heterocycles. The Morgan fingerprint density at radius 3 is 2.33 bits per heavy atom. The maximum absolute atomic E-state index is 11.0. The van der Waals surface area contributed by atoms with Crippen LogP contribution in [-0.2, 0) is 5.60 Å². The van der Waals surface area contributed by atoms with Crippen LogP contribution in [0.4, 0.5) is 0 Å². The Balaban J connectivity index is 1.76. The first-order valence-electron chi connectivity index (χ1n) is 7.62. The zero-order chi connectivity index (χ0) is 14.9. The number of aliphatic hydroxyl groups is 1. The van der Waals surface area contributed by atoms with Crippen molar-refractivity contribution < 1.29 is 5.11 Å². The first-order valence-corrected chi connectivity index (χ1v) is 8.00. The largest absolute Gasteiger partial charge is 0.385 e. The molecule has 1 fully saturated rings. The second kappa shape index (κ2) is 5.82. The predicted molar refractivity (Wildman–Crippen MR) is 87.7 cm³/mol. The molecule has 0 unspecified atom stereocenters. The smallest absolute Gasteiger partial charge is 0.0897 e. The molecule has 0 atom stereocenters. The van der Waals surface area contributed by atoms with E-state index in [2.05, 4.69) is 30.3 Å². The molecule has 0 aliphatic heterocycles. The molecule has 0 saturated heterocycles. The van der Waals surface area contributed by atoms with Crippen molar-refractivity contribution in [1.82, 2.24) is 0 Å². The second-order valence-corrected chi connectivity index (χ2v) is 6.59. The van der Waals surface area contributed by atoms with Crippen LogP contribution in [0.15, 0.2) is 48.5 Å². The fourth-order valence-electron chi connectivity index (χ4n) is 3.32. The van der Waals surface area contributed by atoms with Gasteiger partial charge in [0.05, 0.1) is 5.60 Å². The van der Waals surface area contributed by atoms with Gasteiger partial charge in [0.2, 0.25) is 0 Å². The van der Waals surface area contributed by atoms with Gasteiger partial charge in [-0.25, -0.2) is 0 Å². The highest BCUT2D eigenvalue weighted by Gasteiger charge is 2.35. The van der Waals surface area contributed by atoms with Gasteiger partial charge < -0.3 is 5.11 Å². The number of hydrogen-bond acceptors (Lipinski definition) is 1. The van der Waals surface area contributed by atoms with Gasteiger partial charge in [-0.3, -0.25) is 0 Å². The Bertz CT molecular complexity index is 613. The van der Waals surface area contributed by atoms with E-state index in [0.717, 1.165) is 41.8 Å². The van der Waals surface area contributed by atoms with Gasteiger partial charge in [0.1, 0.15) is 0 Å². The molecule has 1 nitrogen and oxygen atoms in total. The minimum absolute atomic E-state index is 0.562. The Labute approximate surface area is 131 Å². The standard InChI is InChI=1S/C19H21ClO/c1-14-7-8-17(13-18(14)20)19(21)11-9-16(10-12-19)15-5-3-2-4-6-15/h2-8,13,16,21H,9-12H2,1H3. The van der Waals surface area contributed by atoms with Crippen LogP contribution < -0.4 is 0 Å². The third-order valence-corrected chi connectivity index (χ3v) is 5.20. The van der Waals surface area contributed by atoms with Crippen molar-refractivity contribution in [3.8, 4) is 0 Å². The lowest BCUT2D eigenvalue weighted by Gasteiger charge is -2.37. The van der Waals surface area contributed by atoms with Crippen LogP contribution in [0.5, 0.6) is 0 Å². The third-order valence-electron chi connectivity index (χ3n) is 4.79. The van der Waals surface area contributed by atoms with Crippen molar-refractivity contribution in [3.05, 3.63) is 70.2 Å². The van der Waals surface area contributed by atoms with Gasteiger partial charge in [-0.05, 0) is 61.3 Å². The maximum Gasteiger partial charge on any atom is 0.0897 e. The van der Waals surface area contributed by atoms with E-state index in [-0.39, 0.29) is 0 Å². The monoisotopic (exact) mass is 300 g/mol. The summed E-state index contributed by atoms with van der Waals surface area (Å²) in [6, 6.07) is 16.6. The molecule has 2 aromatic carbocycles. The molecule has 3 rings (SSSR count). The minimum Gasteiger partial charge on any atom is -0.385 e. The summed E-state index contributed by atoms with van der Waals surface area (Å²) in [6.45, 7) is 1.99. The van der Waals surface area contributed by atoms with Crippen molar-refractivity contribution in [1.29, 1.82) is 0 Å². The van der Waals surface area contributed by atoms with E-state index in [9.17, 15) is 5.11 Å². The summed E-state index contributed by atoms with van der Waals surface area (Å²) in [5, 5.41) is 11.7. The normalized spacial score (nSPS) is 25.8. The molecule has 1 N–H and O–H groups in total. The van der Waals surface area contributed by atoms with Crippen molar-refractivity contribution in [2.75, 3.05) is 0 Å². The lowest BCUT2D eigenvalue weighted by atomic mass is 9.73. The van der Waals surface area contributed by atoms with Crippen LogP contribution in [0, 0.1) is 6.92 Å². The zero-order valence-corrected chi connectivity index (χ0v) is 13.1. The highest BCUT2D eigenvalue weighted by Crippen LogP contribution is 2.43. The van der Waals surface area contributed by atoms with Crippen LogP contribution in [-0.4, -0.2) is 5.11 Å². The van der Waals surface area contributed by atoms with Crippen LogP contribution in [0.25, 0.3) is 0 Å². The average molecular weight is 301 g/mol. The lowest BCUT2D eigenvalue weighted by Crippen LogP contribution is -2.31. The van der Waals surface area contributed by atoms with Gasteiger partial charge in [0.15, 0.2) is 0 Å². The molecule has 1 saturated carbocycles. The summed E-state index contributed by atoms with van der Waals surface area (Å²) in [4.78, 5) is 0. The molecule has 21 heavy (non-hydrogen) atoms. The SMILES string of the molecule is Cc1ccc(C2(O)CCC(c3ccccc3)CC2)cc1Cl. The summed E-state index contributed by atoms with van der Waals surface area (Å²) < 4.78 is 0. The van der Waals surface area contributed by atoms with Gasteiger partial charge in [-0.2, -0.15) is 0 Å². The molecular formula is C19H21ClO. The number of benzene rings is 2. The molecule has 2 heteroatoms. The molecule has 0 amide bonds. The first-order chi connectivity index (χ1) is 10.1. The number of halogens is 1. The summed E-state index contributed by atoms with van der Waals surface area (Å²) >= 11 is 6.21. The van der Waals surface area contributed by atoms with E-state index in [1.165, 1.54) is 5.56 Å². The number of hydrogen-bond donors (Lipinski definition) is 1. The molecule has 2 aromatic rings. The van der Waals surface area contributed by atoms with Gasteiger partial charge in [-0.1, -0.05) is 54.1 Å². The van der Waals surface area contributed by atoms with E-state index in [4.69, 9.17) is 11.6 Å². The van der Waals surface area contributed by atoms with Gasteiger partial charge >= 0.3 is 0 Å². The zero-order valence-electron chi connectivity index (χ0n) is 12.3. The fraction of sp³-hybridized carbons (Fsp3) is 0.368. The number of rotatable bonds is 2. The van der Waals surface area contributed by atoms with Crippen molar-refractivity contribution in [2.24, 2.45) is 0 Å². The van der Waals surface area contributed by atoms with Crippen LogP contribution in [0.1, 0.15) is 48.3 Å². The summed E-state index contributed by atoms with van der Waals surface area (Å²) in [5.41, 5.74) is 2.69. The van der Waals surface area contributed by atoms with E-state index in [0.29, 0.717) is 5.92 Å². The molecule has 110 valence electrons. The summed E-state index contributed by atoms with van der Waals surface area (Å²) in [6.07, 6.45) is 3.63. The molecule has 1 aliphatic carbocycles. The van der Waals surface area contributed by atoms with Crippen molar-refractivity contribution >= 4 is 11.6 Å². The summed E-state index contributed by atoms with van der Waals surface area (Å²) in [7, 11) is 0. The van der Waals surface area contributed by atoms with Crippen LogP contribution in [0.2, 0.25) is 5.02 Å². The topological polar surface area (TPSA) is 20.2 Å². The Kier molecular flexibility index (Phi) is 4.05. The van der Waals surface area contributed by atoms with Crippen LogP contribution >= 0.6 is 11.6 Å². The lowest BCUT2D eigenvalue weighted by molar-refractivity contribution is -0.00566. The molecule has 0 aromatic heterocycles. The highest BCUT2D eigenvalue weighted by atomic mass is 35.5. The van der Waals surface area contributed by atoms with Crippen LogP contribution in [0.3, 0.4) is 0 Å². The quantitative estimate of drug-likeness (QED) is 0.809. The second-order valence-electron chi connectivity index (χ2n) is 6.18. The van der Waals surface area contributed by atoms with E-state index in [1.54, 1.807) is 0 Å². The van der Waals surface area contributed by atoms with Crippen molar-refractivity contribution in [3.63, 3.8) is 0 Å². The highest BCUT2D eigenvalue weighted by molar-refractivity contribution is 6.31.